The molecule has 1 unspecified atom stereocenters. The summed E-state index contributed by atoms with van der Waals surface area (Å²) >= 11 is 0. The lowest BCUT2D eigenvalue weighted by molar-refractivity contribution is 0.0224. The van der Waals surface area contributed by atoms with E-state index in [0.717, 1.165) is 58.8 Å². The number of para-hydroxylation sites is 1. The molecule has 2 heterocycles. The zero-order chi connectivity index (χ0) is 26.4. The van der Waals surface area contributed by atoms with Gasteiger partial charge in [0.05, 0.1) is 5.56 Å². The number of nitrogens with zero attached hydrogens (tertiary/aromatic N) is 1. The lowest BCUT2D eigenvalue weighted by Crippen LogP contribution is -2.33. The summed E-state index contributed by atoms with van der Waals surface area (Å²) in [4.78, 5) is 15.5. The van der Waals surface area contributed by atoms with Crippen LogP contribution in [-0.4, -0.2) is 19.1 Å². The number of fused-ring (bicyclic) bond motifs is 6. The molecule has 0 amide bonds. The van der Waals surface area contributed by atoms with E-state index in [0.29, 0.717) is 17.1 Å². The first kappa shape index (κ1) is 24.1. The summed E-state index contributed by atoms with van der Waals surface area (Å²) in [6.45, 7) is 10.3. The van der Waals surface area contributed by atoms with E-state index in [1.54, 1.807) is 0 Å². The fraction of sp³-hybridized carbons (Fsp3) is 0.242. The van der Waals surface area contributed by atoms with E-state index in [9.17, 15) is 4.79 Å². The third kappa shape index (κ3) is 3.57. The van der Waals surface area contributed by atoms with E-state index in [2.05, 4.69) is 86.4 Å². The maximum absolute atomic E-state index is 13.3. The molecule has 1 N–H and O–H groups in total. The predicted octanol–water partition coefficient (Wildman–Crippen LogP) is 7.72. The zero-order valence-electron chi connectivity index (χ0n) is 22.3. The van der Waals surface area contributed by atoms with Crippen LogP contribution in [-0.2, 0) is 16.8 Å². The van der Waals surface area contributed by atoms with Crippen LogP contribution in [0.5, 0.6) is 11.5 Å². The molecule has 0 radical (unpaired) electrons. The van der Waals surface area contributed by atoms with Crippen LogP contribution in [0, 0.1) is 6.92 Å². The van der Waals surface area contributed by atoms with Crippen LogP contribution in [0.1, 0.15) is 58.9 Å². The van der Waals surface area contributed by atoms with Crippen molar-refractivity contribution in [2.45, 2.75) is 39.7 Å². The molecular weight excluding hydrogens is 472 g/mol. The number of aryl methyl sites for hydroxylation is 2. The van der Waals surface area contributed by atoms with Crippen molar-refractivity contribution in [2.24, 2.45) is 0 Å². The number of hydrogen-bond acceptors (Lipinski definition) is 5. The van der Waals surface area contributed by atoms with Gasteiger partial charge in [0.2, 0.25) is 0 Å². The summed E-state index contributed by atoms with van der Waals surface area (Å²) in [6, 6.07) is 26.4. The van der Waals surface area contributed by atoms with Crippen LogP contribution in [0.25, 0.3) is 0 Å². The Balaban J connectivity index is 1.57. The first-order chi connectivity index (χ1) is 18.5. The summed E-state index contributed by atoms with van der Waals surface area (Å²) in [5, 5.41) is 3.64. The second kappa shape index (κ2) is 9.25. The molecule has 5 nitrogen and oxygen atoms in total. The van der Waals surface area contributed by atoms with Gasteiger partial charge in [-0.25, -0.2) is 4.79 Å². The van der Waals surface area contributed by atoms with Gasteiger partial charge in [-0.3, -0.25) is 0 Å². The summed E-state index contributed by atoms with van der Waals surface area (Å²) < 4.78 is 13.0. The number of rotatable bonds is 6. The van der Waals surface area contributed by atoms with E-state index < -0.39 is 5.60 Å². The summed E-state index contributed by atoms with van der Waals surface area (Å²) in [7, 11) is 0. The van der Waals surface area contributed by atoms with E-state index >= 15 is 0 Å². The van der Waals surface area contributed by atoms with Crippen molar-refractivity contribution < 1.29 is 14.3 Å². The summed E-state index contributed by atoms with van der Waals surface area (Å²) in [6.07, 6.45) is 0.924. The molecule has 0 fully saturated rings. The van der Waals surface area contributed by atoms with E-state index in [4.69, 9.17) is 9.47 Å². The van der Waals surface area contributed by atoms with Crippen molar-refractivity contribution in [1.29, 1.82) is 0 Å². The minimum atomic E-state index is -1.09. The van der Waals surface area contributed by atoms with Gasteiger partial charge in [-0.1, -0.05) is 43.3 Å². The van der Waals surface area contributed by atoms with Crippen molar-refractivity contribution in [3.05, 3.63) is 112 Å². The predicted molar refractivity (Wildman–Crippen MR) is 152 cm³/mol. The van der Waals surface area contributed by atoms with Crippen molar-refractivity contribution >= 4 is 23.0 Å². The van der Waals surface area contributed by atoms with E-state index in [1.807, 2.05) is 30.3 Å². The van der Waals surface area contributed by atoms with Crippen LogP contribution in [0.4, 0.5) is 17.1 Å². The Labute approximate surface area is 224 Å². The van der Waals surface area contributed by atoms with Crippen molar-refractivity contribution in [3.8, 4) is 11.5 Å². The second-order valence-electron chi connectivity index (χ2n) is 9.87. The molecule has 192 valence electrons. The Bertz CT molecular complexity index is 1560. The molecule has 0 aromatic heterocycles. The SMILES string of the molecule is CCc1ccccc1Nc1cc2c(cc1C)Oc1cc(N(CC)CC)ccc1C21OC(=O)c2ccccc21. The molecule has 2 aliphatic heterocycles. The highest BCUT2D eigenvalue weighted by molar-refractivity contribution is 5.97. The maximum Gasteiger partial charge on any atom is 0.340 e. The average molecular weight is 505 g/mol. The second-order valence-corrected chi connectivity index (χ2v) is 9.87. The van der Waals surface area contributed by atoms with Crippen LogP contribution in [0.15, 0.2) is 78.9 Å². The smallest absolute Gasteiger partial charge is 0.340 e. The van der Waals surface area contributed by atoms with Gasteiger partial charge < -0.3 is 19.7 Å². The molecule has 1 atom stereocenters. The number of ether oxygens (including phenoxy) is 2. The third-order valence-electron chi connectivity index (χ3n) is 7.84. The standard InChI is InChI=1S/C33H32N2O3/c1-5-22-12-8-11-15-28(22)34-29-20-27-30(18-21(29)4)37-31-19-23(35(6-2)7-3)16-17-26(31)33(27)25-14-10-9-13-24(25)32(36)38-33/h8-20,34H,5-7H2,1-4H3. The van der Waals surface area contributed by atoms with Crippen LogP contribution < -0.4 is 15.0 Å². The molecule has 38 heavy (non-hydrogen) atoms. The monoisotopic (exact) mass is 504 g/mol. The highest BCUT2D eigenvalue weighted by atomic mass is 16.6. The Hall–Kier alpha value is -4.25. The van der Waals surface area contributed by atoms with Gasteiger partial charge in [0.1, 0.15) is 11.5 Å². The first-order valence-electron chi connectivity index (χ1n) is 13.4. The third-order valence-corrected chi connectivity index (χ3v) is 7.84. The highest BCUT2D eigenvalue weighted by Gasteiger charge is 2.53. The van der Waals surface area contributed by atoms with Gasteiger partial charge in [0.15, 0.2) is 5.60 Å². The van der Waals surface area contributed by atoms with Gasteiger partial charge in [-0.15, -0.1) is 0 Å². The molecule has 4 aromatic carbocycles. The average Bonchev–Trinajstić information content (AvgIpc) is 3.23. The minimum Gasteiger partial charge on any atom is -0.456 e. The number of carbonyl (C=O) groups is 1. The number of benzene rings is 4. The molecule has 6 rings (SSSR count). The molecule has 0 saturated carbocycles. The molecule has 0 bridgehead atoms. The number of anilines is 3. The Morgan fingerprint density at radius 1 is 0.789 bits per heavy atom. The molecular formula is C33H32N2O3. The zero-order valence-corrected chi connectivity index (χ0v) is 22.3. The van der Waals surface area contributed by atoms with Gasteiger partial charge >= 0.3 is 5.97 Å². The normalized spacial score (nSPS) is 16.8. The largest absolute Gasteiger partial charge is 0.456 e. The molecule has 0 aliphatic carbocycles. The van der Waals surface area contributed by atoms with Gasteiger partial charge in [0.25, 0.3) is 0 Å². The molecule has 2 aliphatic rings. The number of carbonyl (C=O) groups excluding carboxylic acids is 1. The number of hydrogen-bond donors (Lipinski definition) is 1. The van der Waals surface area contributed by atoms with E-state index in [1.165, 1.54) is 5.56 Å². The maximum atomic E-state index is 13.3. The van der Waals surface area contributed by atoms with Gasteiger partial charge in [-0.2, -0.15) is 0 Å². The van der Waals surface area contributed by atoms with Crippen molar-refractivity contribution in [3.63, 3.8) is 0 Å². The van der Waals surface area contributed by atoms with Crippen molar-refractivity contribution in [1.82, 2.24) is 0 Å². The first-order valence-corrected chi connectivity index (χ1v) is 13.4. The fourth-order valence-electron chi connectivity index (χ4n) is 5.82. The van der Waals surface area contributed by atoms with Crippen LogP contribution in [0.3, 0.4) is 0 Å². The Kier molecular flexibility index (Phi) is 5.87. The number of nitrogens with one attached hydrogen (secondary N) is 1. The lowest BCUT2D eigenvalue weighted by Gasteiger charge is -2.37. The topological polar surface area (TPSA) is 50.8 Å². The quantitative estimate of drug-likeness (QED) is 0.273. The molecule has 4 aromatic rings. The van der Waals surface area contributed by atoms with Gasteiger partial charge in [-0.05, 0) is 74.7 Å². The molecule has 5 heteroatoms. The fourth-order valence-corrected chi connectivity index (χ4v) is 5.82. The summed E-state index contributed by atoms with van der Waals surface area (Å²) in [5.41, 5.74) is 7.38. The Morgan fingerprint density at radius 3 is 2.32 bits per heavy atom. The van der Waals surface area contributed by atoms with Crippen LogP contribution in [0.2, 0.25) is 0 Å². The molecule has 1 spiro atoms. The number of esters is 1. The minimum absolute atomic E-state index is 0.321. The van der Waals surface area contributed by atoms with E-state index in [-0.39, 0.29) is 5.97 Å². The van der Waals surface area contributed by atoms with Crippen molar-refractivity contribution in [2.75, 3.05) is 23.3 Å². The molecule has 0 saturated heterocycles. The van der Waals surface area contributed by atoms with Crippen LogP contribution >= 0.6 is 0 Å². The van der Waals surface area contributed by atoms with Gasteiger partial charge in [0, 0.05) is 52.9 Å². The Morgan fingerprint density at radius 2 is 1.53 bits per heavy atom. The highest BCUT2D eigenvalue weighted by Crippen LogP contribution is 2.57. The summed E-state index contributed by atoms with van der Waals surface area (Å²) in [5.74, 6) is 1.09. The lowest BCUT2D eigenvalue weighted by atomic mass is 9.77.